The number of benzene rings is 3. The van der Waals surface area contributed by atoms with Crippen LogP contribution in [-0.2, 0) is 11.4 Å². The van der Waals surface area contributed by atoms with Gasteiger partial charge in [0.1, 0.15) is 12.4 Å². The summed E-state index contributed by atoms with van der Waals surface area (Å²) in [6, 6.07) is 19.2. The van der Waals surface area contributed by atoms with Gasteiger partial charge in [0.25, 0.3) is 5.91 Å². The zero-order valence-corrected chi connectivity index (χ0v) is 18.7. The number of para-hydroxylation sites is 1. The Morgan fingerprint density at radius 1 is 1.12 bits per heavy atom. The maximum Gasteiger partial charge on any atom is 0.260 e. The molecule has 1 aliphatic rings. The van der Waals surface area contributed by atoms with Crippen LogP contribution in [0.3, 0.4) is 0 Å². The lowest BCUT2D eigenvalue weighted by atomic mass is 10.2. The Balaban J connectivity index is 1.44. The SMILES string of the molecule is COc1cc(/C=C2\SC(Nc3ccccc3F)NC2=O)ccc1OCc1ccc(Cl)cc1. The number of nitrogens with one attached hydrogen (secondary N) is 2. The van der Waals surface area contributed by atoms with Gasteiger partial charge < -0.3 is 20.1 Å². The smallest absolute Gasteiger partial charge is 0.260 e. The first kappa shape index (κ1) is 22.0. The van der Waals surface area contributed by atoms with Gasteiger partial charge in [-0.3, -0.25) is 4.79 Å². The summed E-state index contributed by atoms with van der Waals surface area (Å²) in [7, 11) is 1.56. The third-order valence-electron chi connectivity index (χ3n) is 4.68. The molecule has 0 bridgehead atoms. The van der Waals surface area contributed by atoms with Crippen molar-refractivity contribution in [3.05, 3.63) is 93.6 Å². The lowest BCUT2D eigenvalue weighted by molar-refractivity contribution is -0.116. The molecule has 0 aliphatic carbocycles. The first-order valence-electron chi connectivity index (χ1n) is 9.77. The second-order valence-electron chi connectivity index (χ2n) is 6.93. The number of halogens is 2. The van der Waals surface area contributed by atoms with E-state index in [1.165, 1.54) is 17.8 Å². The maximum absolute atomic E-state index is 13.9. The highest BCUT2D eigenvalue weighted by molar-refractivity contribution is 8.05. The van der Waals surface area contributed by atoms with E-state index in [-0.39, 0.29) is 11.7 Å². The molecule has 1 saturated heterocycles. The predicted molar refractivity (Wildman–Crippen MR) is 126 cm³/mol. The minimum atomic E-state index is -0.463. The molecule has 1 atom stereocenters. The third-order valence-corrected chi connectivity index (χ3v) is 5.96. The fourth-order valence-corrected chi connectivity index (χ4v) is 4.17. The molecule has 5 nitrogen and oxygen atoms in total. The van der Waals surface area contributed by atoms with Crippen molar-refractivity contribution >= 4 is 41.0 Å². The Hall–Kier alpha value is -3.16. The molecule has 8 heteroatoms. The number of carbonyl (C=O) groups excluding carboxylic acids is 1. The van der Waals surface area contributed by atoms with E-state index in [1.54, 1.807) is 43.5 Å². The van der Waals surface area contributed by atoms with Crippen LogP contribution in [0.2, 0.25) is 5.02 Å². The standard InChI is InChI=1S/C24H20ClFN2O3S/c1-30-21-12-16(8-11-20(21)31-14-15-6-9-17(25)10-7-15)13-22-23(29)28-24(32-22)27-19-5-3-2-4-18(19)26/h2-13,24,27H,14H2,1H3,(H,28,29)/b22-13-. The van der Waals surface area contributed by atoms with E-state index in [9.17, 15) is 9.18 Å². The lowest BCUT2D eigenvalue weighted by Gasteiger charge is -2.13. The zero-order valence-electron chi connectivity index (χ0n) is 17.1. The monoisotopic (exact) mass is 470 g/mol. The van der Waals surface area contributed by atoms with Crippen molar-refractivity contribution < 1.29 is 18.7 Å². The molecular formula is C24H20ClFN2O3S. The number of hydrogen-bond acceptors (Lipinski definition) is 5. The molecule has 1 heterocycles. The second-order valence-corrected chi connectivity index (χ2v) is 8.51. The molecule has 1 amide bonds. The quantitative estimate of drug-likeness (QED) is 0.436. The molecule has 0 aromatic heterocycles. The second kappa shape index (κ2) is 9.97. The minimum Gasteiger partial charge on any atom is -0.493 e. The van der Waals surface area contributed by atoms with Crippen LogP contribution in [0.25, 0.3) is 6.08 Å². The van der Waals surface area contributed by atoms with Crippen LogP contribution in [0, 0.1) is 5.82 Å². The summed E-state index contributed by atoms with van der Waals surface area (Å²) in [5, 5.41) is 6.45. The van der Waals surface area contributed by atoms with Crippen LogP contribution in [0.15, 0.2) is 71.6 Å². The van der Waals surface area contributed by atoms with E-state index in [2.05, 4.69) is 10.6 Å². The Morgan fingerprint density at radius 2 is 1.91 bits per heavy atom. The van der Waals surface area contributed by atoms with Crippen LogP contribution in [0.5, 0.6) is 11.5 Å². The fraction of sp³-hybridized carbons (Fsp3) is 0.125. The first-order chi connectivity index (χ1) is 15.5. The predicted octanol–water partition coefficient (Wildman–Crippen LogP) is 5.67. The highest BCUT2D eigenvalue weighted by atomic mass is 35.5. The van der Waals surface area contributed by atoms with E-state index in [0.29, 0.717) is 33.7 Å². The van der Waals surface area contributed by atoms with Gasteiger partial charge in [-0.05, 0) is 53.6 Å². The molecular weight excluding hydrogens is 451 g/mol. The molecule has 0 radical (unpaired) electrons. The van der Waals surface area contributed by atoms with E-state index in [1.807, 2.05) is 30.3 Å². The number of carbonyl (C=O) groups is 1. The summed E-state index contributed by atoms with van der Waals surface area (Å²) in [5.74, 6) is 0.537. The summed E-state index contributed by atoms with van der Waals surface area (Å²) in [6.45, 7) is 0.371. The van der Waals surface area contributed by atoms with Crippen molar-refractivity contribution in [2.45, 2.75) is 12.1 Å². The van der Waals surface area contributed by atoms with Crippen LogP contribution in [0.1, 0.15) is 11.1 Å². The molecule has 164 valence electrons. The maximum atomic E-state index is 13.9. The highest BCUT2D eigenvalue weighted by Crippen LogP contribution is 2.34. The van der Waals surface area contributed by atoms with Crippen molar-refractivity contribution in [1.29, 1.82) is 0 Å². The Kier molecular flexibility index (Phi) is 6.87. The molecule has 1 aliphatic heterocycles. The summed E-state index contributed by atoms with van der Waals surface area (Å²) < 4.78 is 25.2. The molecule has 32 heavy (non-hydrogen) atoms. The van der Waals surface area contributed by atoms with Gasteiger partial charge in [-0.1, -0.05) is 53.7 Å². The highest BCUT2D eigenvalue weighted by Gasteiger charge is 2.27. The van der Waals surface area contributed by atoms with Gasteiger partial charge in [-0.25, -0.2) is 4.39 Å². The molecule has 1 unspecified atom stereocenters. The minimum absolute atomic E-state index is 0.231. The van der Waals surface area contributed by atoms with Crippen LogP contribution >= 0.6 is 23.4 Å². The van der Waals surface area contributed by atoms with Crippen LogP contribution < -0.4 is 20.1 Å². The van der Waals surface area contributed by atoms with E-state index in [4.69, 9.17) is 21.1 Å². The Labute approximate surface area is 194 Å². The van der Waals surface area contributed by atoms with E-state index >= 15 is 0 Å². The number of methoxy groups -OCH3 is 1. The van der Waals surface area contributed by atoms with Crippen molar-refractivity contribution in [2.75, 3.05) is 12.4 Å². The number of hydrogen-bond donors (Lipinski definition) is 2. The van der Waals surface area contributed by atoms with E-state index in [0.717, 1.165) is 11.1 Å². The number of ether oxygens (including phenoxy) is 2. The van der Waals surface area contributed by atoms with Gasteiger partial charge in [0.05, 0.1) is 17.7 Å². The summed E-state index contributed by atoms with van der Waals surface area (Å²) in [5.41, 5.74) is 1.63. The summed E-state index contributed by atoms with van der Waals surface area (Å²) in [6.07, 6.45) is 1.76. The van der Waals surface area contributed by atoms with Gasteiger partial charge in [0.15, 0.2) is 17.0 Å². The molecule has 4 rings (SSSR count). The van der Waals surface area contributed by atoms with Crippen molar-refractivity contribution in [3.8, 4) is 11.5 Å². The normalized spacial score (nSPS) is 16.7. The van der Waals surface area contributed by atoms with Gasteiger partial charge in [0, 0.05) is 5.02 Å². The van der Waals surface area contributed by atoms with E-state index < -0.39 is 5.50 Å². The Bertz CT molecular complexity index is 1150. The number of thioether (sulfide) groups is 1. The average Bonchev–Trinajstić information content (AvgIpc) is 3.14. The number of amides is 1. The molecule has 1 fully saturated rings. The largest absolute Gasteiger partial charge is 0.493 e. The molecule has 3 aromatic carbocycles. The van der Waals surface area contributed by atoms with Gasteiger partial charge in [0.2, 0.25) is 0 Å². The van der Waals surface area contributed by atoms with Gasteiger partial charge in [-0.15, -0.1) is 0 Å². The first-order valence-corrected chi connectivity index (χ1v) is 11.0. The topological polar surface area (TPSA) is 59.6 Å². The fourth-order valence-electron chi connectivity index (χ4n) is 3.07. The Morgan fingerprint density at radius 3 is 2.66 bits per heavy atom. The summed E-state index contributed by atoms with van der Waals surface area (Å²) in [4.78, 5) is 12.9. The zero-order chi connectivity index (χ0) is 22.5. The average molecular weight is 471 g/mol. The molecule has 0 spiro atoms. The van der Waals surface area contributed by atoms with Gasteiger partial charge in [-0.2, -0.15) is 0 Å². The summed E-state index contributed by atoms with van der Waals surface area (Å²) >= 11 is 7.20. The number of rotatable bonds is 7. The van der Waals surface area contributed by atoms with Gasteiger partial charge >= 0.3 is 0 Å². The van der Waals surface area contributed by atoms with Crippen LogP contribution in [-0.4, -0.2) is 18.5 Å². The molecule has 2 N–H and O–H groups in total. The van der Waals surface area contributed by atoms with Crippen molar-refractivity contribution in [1.82, 2.24) is 5.32 Å². The van der Waals surface area contributed by atoms with Crippen molar-refractivity contribution in [3.63, 3.8) is 0 Å². The number of anilines is 1. The van der Waals surface area contributed by atoms with Crippen LogP contribution in [0.4, 0.5) is 10.1 Å². The van der Waals surface area contributed by atoms with Crippen molar-refractivity contribution in [2.24, 2.45) is 0 Å². The molecule has 0 saturated carbocycles. The molecule has 3 aromatic rings. The lowest BCUT2D eigenvalue weighted by Crippen LogP contribution is -2.31. The third kappa shape index (κ3) is 5.36.